The highest BCUT2D eigenvalue weighted by molar-refractivity contribution is 5.92. The standard InChI is InChI=1S/C15H19N3O2/c1-18-14(10-13(17-18)11-6-7-11)15(19)16-8-2-4-12-5-3-9-20-12/h3,5,9-11H,2,4,6-8H2,1H3,(H,16,19). The molecule has 1 aliphatic rings. The lowest BCUT2D eigenvalue weighted by Gasteiger charge is -2.04. The van der Waals surface area contributed by atoms with Crippen LogP contribution >= 0.6 is 0 Å². The Labute approximate surface area is 118 Å². The van der Waals surface area contributed by atoms with Gasteiger partial charge in [-0.3, -0.25) is 9.48 Å². The van der Waals surface area contributed by atoms with Gasteiger partial charge in [-0.1, -0.05) is 0 Å². The van der Waals surface area contributed by atoms with Gasteiger partial charge in [0.15, 0.2) is 0 Å². The van der Waals surface area contributed by atoms with Crippen molar-refractivity contribution >= 4 is 5.91 Å². The van der Waals surface area contributed by atoms with Crippen molar-refractivity contribution < 1.29 is 9.21 Å². The van der Waals surface area contributed by atoms with Crippen LogP contribution in [0.25, 0.3) is 0 Å². The first-order valence-electron chi connectivity index (χ1n) is 7.08. The quantitative estimate of drug-likeness (QED) is 0.821. The average molecular weight is 273 g/mol. The fourth-order valence-corrected chi connectivity index (χ4v) is 2.29. The molecule has 0 unspecified atom stereocenters. The maximum atomic E-state index is 12.1. The molecule has 1 aliphatic carbocycles. The average Bonchev–Trinajstić information content (AvgIpc) is 3.01. The van der Waals surface area contributed by atoms with E-state index in [2.05, 4.69) is 10.4 Å². The number of furan rings is 1. The second-order valence-corrected chi connectivity index (χ2v) is 5.29. The summed E-state index contributed by atoms with van der Waals surface area (Å²) in [4.78, 5) is 12.1. The third kappa shape index (κ3) is 2.92. The molecule has 2 aromatic heterocycles. The number of hydrogen-bond donors (Lipinski definition) is 1. The monoisotopic (exact) mass is 273 g/mol. The second kappa shape index (κ2) is 5.53. The van der Waals surface area contributed by atoms with Crippen LogP contribution in [0.2, 0.25) is 0 Å². The van der Waals surface area contributed by atoms with E-state index in [0.717, 1.165) is 24.3 Å². The van der Waals surface area contributed by atoms with E-state index in [1.54, 1.807) is 10.9 Å². The Morgan fingerprint density at radius 1 is 1.55 bits per heavy atom. The molecule has 5 nitrogen and oxygen atoms in total. The zero-order valence-corrected chi connectivity index (χ0v) is 11.6. The summed E-state index contributed by atoms with van der Waals surface area (Å²) in [5.41, 5.74) is 1.69. The van der Waals surface area contributed by atoms with Gasteiger partial charge in [-0.05, 0) is 37.5 Å². The smallest absolute Gasteiger partial charge is 0.269 e. The highest BCUT2D eigenvalue weighted by Crippen LogP contribution is 2.39. The molecule has 0 atom stereocenters. The lowest BCUT2D eigenvalue weighted by Crippen LogP contribution is -2.26. The van der Waals surface area contributed by atoms with Crippen LogP contribution in [-0.2, 0) is 13.5 Å². The van der Waals surface area contributed by atoms with Crippen molar-refractivity contribution in [3.05, 3.63) is 41.6 Å². The van der Waals surface area contributed by atoms with Crippen LogP contribution < -0.4 is 5.32 Å². The van der Waals surface area contributed by atoms with Crippen molar-refractivity contribution in [3.63, 3.8) is 0 Å². The van der Waals surface area contributed by atoms with E-state index in [1.165, 1.54) is 12.8 Å². The molecule has 1 amide bonds. The number of rotatable bonds is 6. The summed E-state index contributed by atoms with van der Waals surface area (Å²) < 4.78 is 6.93. The summed E-state index contributed by atoms with van der Waals surface area (Å²) >= 11 is 0. The first kappa shape index (κ1) is 13.0. The molecule has 0 aromatic carbocycles. The molecule has 0 radical (unpaired) electrons. The third-order valence-electron chi connectivity index (χ3n) is 3.59. The third-order valence-corrected chi connectivity index (χ3v) is 3.59. The SMILES string of the molecule is Cn1nc(C2CC2)cc1C(=O)NCCCc1ccco1. The van der Waals surface area contributed by atoms with Crippen molar-refractivity contribution in [2.45, 2.75) is 31.6 Å². The van der Waals surface area contributed by atoms with Gasteiger partial charge in [0.1, 0.15) is 11.5 Å². The maximum Gasteiger partial charge on any atom is 0.269 e. The Morgan fingerprint density at radius 2 is 2.40 bits per heavy atom. The van der Waals surface area contributed by atoms with Gasteiger partial charge in [0.2, 0.25) is 0 Å². The lowest BCUT2D eigenvalue weighted by molar-refractivity contribution is 0.0943. The predicted octanol–water partition coefficient (Wildman–Crippen LogP) is 2.25. The summed E-state index contributed by atoms with van der Waals surface area (Å²) in [6, 6.07) is 5.74. The molecule has 0 saturated heterocycles. The number of aromatic nitrogens is 2. The zero-order valence-electron chi connectivity index (χ0n) is 11.6. The number of nitrogens with zero attached hydrogens (tertiary/aromatic N) is 2. The van der Waals surface area contributed by atoms with Gasteiger partial charge in [0.25, 0.3) is 5.91 Å². The summed E-state index contributed by atoms with van der Waals surface area (Å²) in [6.07, 6.45) is 5.77. The number of amides is 1. The van der Waals surface area contributed by atoms with Gasteiger partial charge in [0, 0.05) is 25.9 Å². The molecule has 1 N–H and O–H groups in total. The molecule has 0 spiro atoms. The van der Waals surface area contributed by atoms with Gasteiger partial charge in [-0.15, -0.1) is 0 Å². The van der Waals surface area contributed by atoms with Gasteiger partial charge in [-0.2, -0.15) is 5.10 Å². The van der Waals surface area contributed by atoms with Crippen molar-refractivity contribution in [2.75, 3.05) is 6.54 Å². The van der Waals surface area contributed by atoms with E-state index in [1.807, 2.05) is 25.2 Å². The second-order valence-electron chi connectivity index (χ2n) is 5.29. The summed E-state index contributed by atoms with van der Waals surface area (Å²) in [5, 5.41) is 7.34. The van der Waals surface area contributed by atoms with Crippen LogP contribution in [0.1, 0.15) is 47.1 Å². The van der Waals surface area contributed by atoms with E-state index in [0.29, 0.717) is 18.2 Å². The summed E-state index contributed by atoms with van der Waals surface area (Å²) in [7, 11) is 1.82. The molecule has 2 heterocycles. The minimum atomic E-state index is -0.0497. The minimum Gasteiger partial charge on any atom is -0.469 e. The fraction of sp³-hybridized carbons (Fsp3) is 0.467. The zero-order chi connectivity index (χ0) is 13.9. The fourth-order valence-electron chi connectivity index (χ4n) is 2.29. The first-order valence-corrected chi connectivity index (χ1v) is 7.08. The Kier molecular flexibility index (Phi) is 3.58. The normalized spacial score (nSPS) is 14.4. The van der Waals surface area contributed by atoms with Crippen molar-refractivity contribution in [3.8, 4) is 0 Å². The molecule has 0 aliphatic heterocycles. The number of carbonyl (C=O) groups is 1. The van der Waals surface area contributed by atoms with Gasteiger partial charge in [0.05, 0.1) is 12.0 Å². The summed E-state index contributed by atoms with van der Waals surface area (Å²) in [5.74, 6) is 1.48. The molecule has 3 rings (SSSR count). The topological polar surface area (TPSA) is 60.1 Å². The van der Waals surface area contributed by atoms with Crippen LogP contribution in [0, 0.1) is 0 Å². The predicted molar refractivity (Wildman–Crippen MR) is 74.5 cm³/mol. The van der Waals surface area contributed by atoms with E-state index < -0.39 is 0 Å². The number of aryl methyl sites for hydroxylation is 2. The van der Waals surface area contributed by atoms with Crippen molar-refractivity contribution in [2.24, 2.45) is 7.05 Å². The van der Waals surface area contributed by atoms with Crippen molar-refractivity contribution in [1.82, 2.24) is 15.1 Å². The first-order chi connectivity index (χ1) is 9.74. The molecule has 1 saturated carbocycles. The Hall–Kier alpha value is -2.04. The van der Waals surface area contributed by atoms with Crippen LogP contribution in [0.3, 0.4) is 0 Å². The molecule has 5 heteroatoms. The van der Waals surface area contributed by atoms with E-state index in [9.17, 15) is 4.79 Å². The lowest BCUT2D eigenvalue weighted by atomic mass is 10.2. The van der Waals surface area contributed by atoms with Crippen molar-refractivity contribution in [1.29, 1.82) is 0 Å². The molecular formula is C15H19N3O2. The molecule has 0 bridgehead atoms. The van der Waals surface area contributed by atoms with Crippen LogP contribution in [0.15, 0.2) is 28.9 Å². The number of carbonyl (C=O) groups excluding carboxylic acids is 1. The minimum absolute atomic E-state index is 0.0497. The van der Waals surface area contributed by atoms with Gasteiger partial charge < -0.3 is 9.73 Å². The number of nitrogens with one attached hydrogen (secondary N) is 1. The molecule has 1 fully saturated rings. The van der Waals surface area contributed by atoms with Crippen LogP contribution in [0.5, 0.6) is 0 Å². The number of hydrogen-bond acceptors (Lipinski definition) is 3. The Morgan fingerprint density at radius 3 is 3.10 bits per heavy atom. The van der Waals surface area contributed by atoms with Gasteiger partial charge >= 0.3 is 0 Å². The maximum absolute atomic E-state index is 12.1. The van der Waals surface area contributed by atoms with E-state index in [4.69, 9.17) is 4.42 Å². The largest absolute Gasteiger partial charge is 0.469 e. The van der Waals surface area contributed by atoms with Gasteiger partial charge in [-0.25, -0.2) is 0 Å². The molecule has 20 heavy (non-hydrogen) atoms. The molecule has 2 aromatic rings. The Bertz CT molecular complexity index is 582. The van der Waals surface area contributed by atoms with E-state index in [-0.39, 0.29) is 5.91 Å². The molecular weight excluding hydrogens is 254 g/mol. The van der Waals surface area contributed by atoms with Crippen LogP contribution in [-0.4, -0.2) is 22.2 Å². The Balaban J connectivity index is 1.48. The highest BCUT2D eigenvalue weighted by Gasteiger charge is 2.27. The van der Waals surface area contributed by atoms with Crippen LogP contribution in [0.4, 0.5) is 0 Å². The molecule has 106 valence electrons. The van der Waals surface area contributed by atoms with E-state index >= 15 is 0 Å². The summed E-state index contributed by atoms with van der Waals surface area (Å²) in [6.45, 7) is 0.642. The highest BCUT2D eigenvalue weighted by atomic mass is 16.3.